The van der Waals surface area contributed by atoms with Crippen molar-refractivity contribution < 1.29 is 9.53 Å². The summed E-state index contributed by atoms with van der Waals surface area (Å²) < 4.78 is 7.83. The first-order valence-corrected chi connectivity index (χ1v) is 10.9. The summed E-state index contributed by atoms with van der Waals surface area (Å²) >= 11 is 0. The number of nitrogens with one attached hydrogen (secondary N) is 1. The number of benzene rings is 2. The van der Waals surface area contributed by atoms with E-state index in [0.717, 1.165) is 16.9 Å². The minimum atomic E-state index is -0.219. The normalized spacial score (nSPS) is 11.1. The van der Waals surface area contributed by atoms with Crippen molar-refractivity contribution in [1.82, 2.24) is 24.3 Å². The molecule has 170 valence electrons. The van der Waals surface area contributed by atoms with Crippen LogP contribution in [-0.4, -0.2) is 37.2 Å². The van der Waals surface area contributed by atoms with Gasteiger partial charge >= 0.3 is 0 Å². The maximum absolute atomic E-state index is 12.9. The van der Waals surface area contributed by atoms with Gasteiger partial charge in [-0.25, -0.2) is 9.97 Å². The summed E-state index contributed by atoms with van der Waals surface area (Å²) in [6.07, 6.45) is 3.90. The van der Waals surface area contributed by atoms with Gasteiger partial charge in [0.05, 0.1) is 23.1 Å². The van der Waals surface area contributed by atoms with Crippen molar-refractivity contribution in [2.24, 2.45) is 0 Å². The molecule has 0 saturated carbocycles. The number of pyridine rings is 1. The zero-order valence-electron chi connectivity index (χ0n) is 18.9. The molecule has 8 heteroatoms. The highest BCUT2D eigenvalue weighted by atomic mass is 16.5. The van der Waals surface area contributed by atoms with E-state index in [1.807, 2.05) is 41.9 Å². The van der Waals surface area contributed by atoms with Crippen LogP contribution in [0.25, 0.3) is 16.6 Å². The lowest BCUT2D eigenvalue weighted by Crippen LogP contribution is -2.28. The zero-order chi connectivity index (χ0) is 23.7. The lowest BCUT2D eigenvalue weighted by Gasteiger charge is -2.17. The number of amides is 1. The minimum Gasteiger partial charge on any atom is -0.487 e. The van der Waals surface area contributed by atoms with Crippen LogP contribution in [-0.2, 0) is 13.2 Å². The van der Waals surface area contributed by atoms with Gasteiger partial charge in [0.15, 0.2) is 0 Å². The van der Waals surface area contributed by atoms with Gasteiger partial charge in [-0.1, -0.05) is 18.2 Å². The van der Waals surface area contributed by atoms with Gasteiger partial charge in [-0.05, 0) is 55.0 Å². The molecule has 0 aliphatic heterocycles. The smallest absolute Gasteiger partial charge is 0.258 e. The minimum absolute atomic E-state index is 0.182. The molecule has 3 heterocycles. The van der Waals surface area contributed by atoms with Crippen molar-refractivity contribution in [2.45, 2.75) is 20.1 Å². The number of imidazole rings is 1. The lowest BCUT2D eigenvalue weighted by molar-refractivity contribution is 0.0781. The number of rotatable bonds is 6. The van der Waals surface area contributed by atoms with Crippen molar-refractivity contribution >= 4 is 22.5 Å². The third-order valence-electron chi connectivity index (χ3n) is 5.61. The molecule has 0 fully saturated rings. The van der Waals surface area contributed by atoms with Gasteiger partial charge in [-0.3, -0.25) is 9.59 Å². The number of hydrogen-bond donors (Lipinski definition) is 1. The molecule has 0 spiro atoms. The summed E-state index contributed by atoms with van der Waals surface area (Å²) in [7, 11) is 1.67. The van der Waals surface area contributed by atoms with Crippen LogP contribution < -0.4 is 10.3 Å². The highest BCUT2D eigenvalue weighted by molar-refractivity contribution is 5.94. The molecular weight excluding hydrogens is 430 g/mol. The fourth-order valence-electron chi connectivity index (χ4n) is 3.85. The number of carbonyl (C=O) groups excluding carboxylic acids is 1. The number of ether oxygens (including phenoxy) is 1. The number of para-hydroxylation sites is 1. The predicted octanol–water partition coefficient (Wildman–Crippen LogP) is 3.73. The number of aromatic nitrogens is 4. The molecule has 5 rings (SSSR count). The molecule has 0 bridgehead atoms. The standard InChI is InChI=1S/C26H23N5O3/c1-17-6-5-13-31-14-19(27-24(17)31)16-34-20-11-9-18(10-12-20)26(33)30(2)15-23-28-22-8-4-3-7-21(22)25(32)29-23/h3-14H,15-16H2,1-2H3,(H,28,29,32). The molecule has 1 amide bonds. The average molecular weight is 454 g/mol. The summed E-state index contributed by atoms with van der Waals surface area (Å²) in [6.45, 7) is 2.53. The van der Waals surface area contributed by atoms with E-state index in [1.54, 1.807) is 49.5 Å². The Morgan fingerprint density at radius 3 is 2.65 bits per heavy atom. The Bertz CT molecular complexity index is 1550. The molecule has 2 aromatic carbocycles. The molecule has 34 heavy (non-hydrogen) atoms. The summed E-state index contributed by atoms with van der Waals surface area (Å²) in [4.78, 5) is 38.5. The fraction of sp³-hybridized carbons (Fsp3) is 0.154. The summed E-state index contributed by atoms with van der Waals surface area (Å²) in [6, 6.07) is 18.1. The number of carbonyl (C=O) groups is 1. The number of hydrogen-bond acceptors (Lipinski definition) is 5. The van der Waals surface area contributed by atoms with E-state index in [4.69, 9.17) is 4.74 Å². The molecule has 0 aliphatic rings. The Kier molecular flexibility index (Phi) is 5.55. The summed E-state index contributed by atoms with van der Waals surface area (Å²) in [5.74, 6) is 0.897. The predicted molar refractivity (Wildman–Crippen MR) is 129 cm³/mol. The van der Waals surface area contributed by atoms with E-state index in [2.05, 4.69) is 15.0 Å². The Balaban J connectivity index is 1.24. The van der Waals surface area contributed by atoms with Crippen LogP contribution in [0.2, 0.25) is 0 Å². The second kappa shape index (κ2) is 8.82. The van der Waals surface area contributed by atoms with Gasteiger partial charge in [0, 0.05) is 25.0 Å². The van der Waals surface area contributed by atoms with Gasteiger partial charge in [-0.15, -0.1) is 0 Å². The Hall–Kier alpha value is -4.46. The maximum Gasteiger partial charge on any atom is 0.258 e. The van der Waals surface area contributed by atoms with Crippen LogP contribution in [0.4, 0.5) is 0 Å². The van der Waals surface area contributed by atoms with E-state index in [0.29, 0.717) is 34.6 Å². The van der Waals surface area contributed by atoms with Gasteiger partial charge in [0.1, 0.15) is 23.8 Å². The molecular formula is C26H23N5O3. The SMILES string of the molecule is Cc1cccn2cc(COc3ccc(C(=O)N(C)Cc4nc5ccccc5c(=O)[nH]4)cc3)nc12. The third kappa shape index (κ3) is 4.25. The molecule has 1 N–H and O–H groups in total. The highest BCUT2D eigenvalue weighted by Gasteiger charge is 2.14. The Morgan fingerprint density at radius 2 is 1.85 bits per heavy atom. The van der Waals surface area contributed by atoms with E-state index in [1.165, 1.54) is 4.90 Å². The first kappa shape index (κ1) is 21.4. The van der Waals surface area contributed by atoms with Gasteiger partial charge in [0.2, 0.25) is 0 Å². The van der Waals surface area contributed by atoms with E-state index >= 15 is 0 Å². The van der Waals surface area contributed by atoms with Crippen molar-refractivity contribution in [3.8, 4) is 5.75 Å². The van der Waals surface area contributed by atoms with Crippen LogP contribution in [0, 0.1) is 6.92 Å². The fourth-order valence-corrected chi connectivity index (χ4v) is 3.85. The maximum atomic E-state index is 12.9. The number of fused-ring (bicyclic) bond motifs is 2. The van der Waals surface area contributed by atoms with E-state index in [-0.39, 0.29) is 18.0 Å². The van der Waals surface area contributed by atoms with Gasteiger partial charge in [-0.2, -0.15) is 0 Å². The van der Waals surface area contributed by atoms with Crippen LogP contribution in [0.1, 0.15) is 27.4 Å². The van der Waals surface area contributed by atoms with Crippen molar-refractivity contribution in [1.29, 1.82) is 0 Å². The number of aromatic amines is 1. The van der Waals surface area contributed by atoms with Crippen molar-refractivity contribution in [2.75, 3.05) is 7.05 Å². The molecule has 0 saturated heterocycles. The number of H-pyrrole nitrogens is 1. The second-order valence-corrected chi connectivity index (χ2v) is 8.16. The molecule has 0 unspecified atom stereocenters. The van der Waals surface area contributed by atoms with Crippen LogP contribution in [0.15, 0.2) is 77.9 Å². The first-order chi connectivity index (χ1) is 16.5. The van der Waals surface area contributed by atoms with Crippen LogP contribution in [0.5, 0.6) is 5.75 Å². The molecule has 0 atom stereocenters. The summed E-state index contributed by atoms with van der Waals surface area (Å²) in [5, 5.41) is 0.523. The Morgan fingerprint density at radius 1 is 1.06 bits per heavy atom. The van der Waals surface area contributed by atoms with Gasteiger partial charge in [0.25, 0.3) is 11.5 Å². The van der Waals surface area contributed by atoms with E-state index in [9.17, 15) is 9.59 Å². The largest absolute Gasteiger partial charge is 0.487 e. The highest BCUT2D eigenvalue weighted by Crippen LogP contribution is 2.17. The average Bonchev–Trinajstić information content (AvgIpc) is 3.27. The first-order valence-electron chi connectivity index (χ1n) is 10.9. The quantitative estimate of drug-likeness (QED) is 0.423. The Labute approximate surface area is 195 Å². The third-order valence-corrected chi connectivity index (χ3v) is 5.61. The molecule has 3 aromatic heterocycles. The van der Waals surface area contributed by atoms with E-state index < -0.39 is 0 Å². The topological polar surface area (TPSA) is 92.6 Å². The van der Waals surface area contributed by atoms with Crippen molar-refractivity contribution in [3.05, 3.63) is 106 Å². The monoisotopic (exact) mass is 453 g/mol. The van der Waals surface area contributed by atoms with Gasteiger partial charge < -0.3 is 19.0 Å². The van der Waals surface area contributed by atoms with Crippen molar-refractivity contribution in [3.63, 3.8) is 0 Å². The van der Waals surface area contributed by atoms with Crippen LogP contribution in [0.3, 0.4) is 0 Å². The molecule has 0 aliphatic carbocycles. The summed E-state index contributed by atoms with van der Waals surface area (Å²) in [5.41, 5.74) is 3.73. The van der Waals surface area contributed by atoms with Crippen LogP contribution >= 0.6 is 0 Å². The lowest BCUT2D eigenvalue weighted by atomic mass is 10.2. The molecule has 8 nitrogen and oxygen atoms in total. The molecule has 5 aromatic rings. The number of aryl methyl sites for hydroxylation is 1. The molecule has 0 radical (unpaired) electrons. The zero-order valence-corrected chi connectivity index (χ0v) is 18.9. The second-order valence-electron chi connectivity index (χ2n) is 8.16. The number of nitrogens with zero attached hydrogens (tertiary/aromatic N) is 4.